The number of rotatable bonds is 5. The van der Waals surface area contributed by atoms with Crippen molar-refractivity contribution in [1.29, 1.82) is 0 Å². The number of imide groups is 2. The first-order valence-electron chi connectivity index (χ1n) is 13.8. The minimum Gasteiger partial charge on any atom is -0.508 e. The Morgan fingerprint density at radius 3 is 1.66 bits per heavy atom. The number of carbonyl (C=O) groups is 4. The topological polar surface area (TPSA) is 149 Å². The Morgan fingerprint density at radius 1 is 0.638 bits per heavy atom. The average Bonchev–Trinajstić information content (AvgIpc) is 3.40. The summed E-state index contributed by atoms with van der Waals surface area (Å²) in [4.78, 5) is 52.2. The predicted octanol–water partition coefficient (Wildman–Crippen LogP) is 5.13. The fourth-order valence-corrected chi connectivity index (χ4v) is 7.04. The number of hydrogen-bond acceptors (Lipinski definition) is 8. The summed E-state index contributed by atoms with van der Waals surface area (Å²) in [7, 11) is -3.16. The third-order valence-electron chi connectivity index (χ3n) is 8.67. The van der Waals surface area contributed by atoms with Crippen LogP contribution in [0.5, 0.6) is 11.5 Å². The molecular weight excluding hydrogens is 641 g/mol. The van der Waals surface area contributed by atoms with Crippen LogP contribution in [0.15, 0.2) is 82.6 Å². The maximum Gasteiger partial charge on any atom is 0.402 e. The normalized spacial score (nSPS) is 16.0. The zero-order chi connectivity index (χ0) is 34.4. The van der Waals surface area contributed by atoms with E-state index in [9.17, 15) is 51.0 Å². The molecule has 0 spiro atoms. The lowest BCUT2D eigenvalue weighted by atomic mass is 9.75. The zero-order valence-corrected chi connectivity index (χ0v) is 25.5. The molecule has 240 valence electrons. The highest BCUT2D eigenvalue weighted by Crippen LogP contribution is 2.49. The van der Waals surface area contributed by atoms with E-state index >= 15 is 0 Å². The molecule has 6 rings (SSSR count). The van der Waals surface area contributed by atoms with Crippen molar-refractivity contribution in [3.63, 3.8) is 0 Å². The van der Waals surface area contributed by atoms with Gasteiger partial charge in [-0.25, -0.2) is 13.3 Å². The Balaban J connectivity index is 1.41. The van der Waals surface area contributed by atoms with Crippen molar-refractivity contribution in [2.45, 2.75) is 35.2 Å². The van der Waals surface area contributed by atoms with Crippen LogP contribution in [-0.2, 0) is 15.3 Å². The second-order valence-corrected chi connectivity index (χ2v) is 13.3. The van der Waals surface area contributed by atoms with Crippen molar-refractivity contribution in [2.24, 2.45) is 0 Å². The van der Waals surface area contributed by atoms with E-state index in [0.29, 0.717) is 4.90 Å². The molecule has 4 amide bonds. The number of hydrogen-bond donors (Lipinski definition) is 2. The Hall–Kier alpha value is -5.50. The molecule has 0 bridgehead atoms. The number of sulfone groups is 1. The van der Waals surface area contributed by atoms with Gasteiger partial charge in [-0.15, -0.1) is 0 Å². The van der Waals surface area contributed by atoms with Crippen molar-refractivity contribution < 1.29 is 51.0 Å². The minimum absolute atomic E-state index is 0.0195. The molecule has 2 N–H and O–H groups in total. The van der Waals surface area contributed by atoms with Gasteiger partial charge in [0.15, 0.2) is 0 Å². The Bertz CT molecular complexity index is 2210. The van der Waals surface area contributed by atoms with Crippen LogP contribution in [0.4, 0.5) is 18.9 Å². The number of fused-ring (bicyclic) bond motifs is 2. The summed E-state index contributed by atoms with van der Waals surface area (Å²) in [6.45, 7) is 2.31. The largest absolute Gasteiger partial charge is 0.508 e. The van der Waals surface area contributed by atoms with Gasteiger partial charge in [-0.05, 0) is 85.1 Å². The molecule has 0 fully saturated rings. The van der Waals surface area contributed by atoms with E-state index in [1.54, 1.807) is 0 Å². The minimum atomic E-state index is -4.92. The van der Waals surface area contributed by atoms with Gasteiger partial charge in [-0.3, -0.25) is 24.1 Å². The number of nitrogens with zero attached hydrogens (tertiary/aromatic N) is 2. The van der Waals surface area contributed by atoms with Crippen LogP contribution in [0.25, 0.3) is 0 Å². The van der Waals surface area contributed by atoms with Crippen molar-refractivity contribution in [2.75, 3.05) is 11.9 Å². The van der Waals surface area contributed by atoms with Gasteiger partial charge >= 0.3 is 6.18 Å². The van der Waals surface area contributed by atoms with Crippen LogP contribution in [0.3, 0.4) is 0 Å². The van der Waals surface area contributed by atoms with Crippen molar-refractivity contribution >= 4 is 39.2 Å². The van der Waals surface area contributed by atoms with Gasteiger partial charge in [-0.2, -0.15) is 13.2 Å². The molecule has 10 nitrogen and oxygen atoms in total. The molecular formula is C33H23F3N2O8S. The van der Waals surface area contributed by atoms with Gasteiger partial charge in [0.05, 0.1) is 37.7 Å². The molecule has 47 heavy (non-hydrogen) atoms. The van der Waals surface area contributed by atoms with E-state index in [-0.39, 0.29) is 44.0 Å². The summed E-state index contributed by atoms with van der Waals surface area (Å²) in [5.41, 5.74) is -4.54. The van der Waals surface area contributed by atoms with Gasteiger partial charge in [0.2, 0.25) is 9.84 Å². The smallest absolute Gasteiger partial charge is 0.402 e. The molecule has 1 unspecified atom stereocenters. The quantitative estimate of drug-likeness (QED) is 0.279. The molecule has 1 atom stereocenters. The van der Waals surface area contributed by atoms with Crippen molar-refractivity contribution in [1.82, 2.24) is 4.90 Å². The average molecular weight is 665 g/mol. The summed E-state index contributed by atoms with van der Waals surface area (Å²) < 4.78 is 71.3. The lowest BCUT2D eigenvalue weighted by molar-refractivity contribution is -0.173. The summed E-state index contributed by atoms with van der Waals surface area (Å²) in [6.07, 6.45) is -4.92. The Kier molecular flexibility index (Phi) is 6.87. The summed E-state index contributed by atoms with van der Waals surface area (Å²) in [5.74, 6) is -4.32. The van der Waals surface area contributed by atoms with E-state index in [2.05, 4.69) is 0 Å². The molecule has 2 aliphatic rings. The SMILES string of the molecule is Cc1cc(C(C)(c2ccc(O)c(N3C(=O)c4ccc(S(=O)(=O)c5ccc6c(c5)C(=O)N(C)C6=O)cc4C3=O)c2)C(F)(F)F)ccc1O. The van der Waals surface area contributed by atoms with Gasteiger partial charge in [0.1, 0.15) is 16.9 Å². The highest BCUT2D eigenvalue weighted by Gasteiger charge is 2.54. The lowest BCUT2D eigenvalue weighted by Gasteiger charge is -2.34. The standard InChI is InChI=1S/C33H23F3N2O8S/c1-16-12-17(4-10-26(16)39)32(2,33(34,35)36)18-5-11-27(40)25(13-18)38-30(43)22-9-7-20(15-24(22)31(38)44)47(45,46)19-6-8-21-23(14-19)29(42)37(3)28(21)41/h4-15,39-40H,1-3H3. The van der Waals surface area contributed by atoms with E-state index in [0.717, 1.165) is 78.6 Å². The molecule has 4 aromatic rings. The van der Waals surface area contributed by atoms with Crippen molar-refractivity contribution in [3.8, 4) is 11.5 Å². The monoisotopic (exact) mass is 664 g/mol. The molecule has 2 heterocycles. The Morgan fingerprint density at radius 2 is 1.11 bits per heavy atom. The molecule has 0 aliphatic carbocycles. The van der Waals surface area contributed by atoms with E-state index < -0.39 is 67.0 Å². The predicted molar refractivity (Wildman–Crippen MR) is 159 cm³/mol. The fraction of sp³-hybridized carbons (Fsp3) is 0.152. The number of aryl methyl sites for hydroxylation is 1. The summed E-state index contributed by atoms with van der Waals surface area (Å²) >= 11 is 0. The second-order valence-electron chi connectivity index (χ2n) is 11.4. The number of phenols is 2. The van der Waals surface area contributed by atoms with E-state index in [1.165, 1.54) is 20.0 Å². The number of anilines is 1. The Labute approximate surface area is 265 Å². The van der Waals surface area contributed by atoms with Gasteiger partial charge in [0, 0.05) is 7.05 Å². The second kappa shape index (κ2) is 10.3. The fourth-order valence-electron chi connectivity index (χ4n) is 5.72. The highest BCUT2D eigenvalue weighted by atomic mass is 32.2. The first-order valence-corrected chi connectivity index (χ1v) is 15.3. The number of alkyl halides is 3. The van der Waals surface area contributed by atoms with Crippen LogP contribution in [0.2, 0.25) is 0 Å². The molecule has 14 heteroatoms. The summed E-state index contributed by atoms with van der Waals surface area (Å²) in [5, 5.41) is 20.6. The lowest BCUT2D eigenvalue weighted by Crippen LogP contribution is -2.41. The number of amides is 4. The zero-order valence-electron chi connectivity index (χ0n) is 24.7. The third-order valence-corrected chi connectivity index (χ3v) is 10.4. The van der Waals surface area contributed by atoms with Gasteiger partial charge in [0.25, 0.3) is 23.6 Å². The number of benzene rings is 4. The molecule has 0 saturated carbocycles. The van der Waals surface area contributed by atoms with Crippen LogP contribution in [0, 0.1) is 6.92 Å². The third kappa shape index (κ3) is 4.50. The highest BCUT2D eigenvalue weighted by molar-refractivity contribution is 7.91. The van der Waals surface area contributed by atoms with E-state index in [1.807, 2.05) is 0 Å². The van der Waals surface area contributed by atoms with E-state index in [4.69, 9.17) is 0 Å². The molecule has 0 aromatic heterocycles. The van der Waals surface area contributed by atoms with Gasteiger partial charge < -0.3 is 10.2 Å². The number of phenolic OH excluding ortho intramolecular Hbond substituents is 2. The van der Waals surface area contributed by atoms with Crippen LogP contribution in [-0.4, -0.2) is 60.4 Å². The van der Waals surface area contributed by atoms with Crippen LogP contribution < -0.4 is 4.90 Å². The number of aromatic hydroxyl groups is 2. The first kappa shape index (κ1) is 31.5. The molecule has 0 radical (unpaired) electrons. The first-order chi connectivity index (χ1) is 21.9. The molecule has 4 aromatic carbocycles. The number of halogens is 3. The van der Waals surface area contributed by atoms with Crippen LogP contribution in [0.1, 0.15) is 65.0 Å². The van der Waals surface area contributed by atoms with Gasteiger partial charge in [-0.1, -0.05) is 18.2 Å². The van der Waals surface area contributed by atoms with Crippen molar-refractivity contribution in [3.05, 3.63) is 112 Å². The maximum atomic E-state index is 14.7. The summed E-state index contributed by atoms with van der Waals surface area (Å²) in [6, 6.07) is 12.6. The number of carbonyl (C=O) groups excluding carboxylic acids is 4. The molecule has 2 aliphatic heterocycles. The maximum absolute atomic E-state index is 14.7. The van der Waals surface area contributed by atoms with Crippen LogP contribution >= 0.6 is 0 Å². The molecule has 0 saturated heterocycles.